The van der Waals surface area contributed by atoms with Crippen LogP contribution in [-0.2, 0) is 17.6 Å². The molecule has 0 aliphatic heterocycles. The minimum Gasteiger partial charge on any atom is -0.462 e. The van der Waals surface area contributed by atoms with Gasteiger partial charge in [0.2, 0.25) is 0 Å². The number of nitrogens with zero attached hydrogens (tertiary/aromatic N) is 1. The number of Topliss-reactive ketones (excluding diaryl/α,β-unsaturated/α-hetero) is 1. The quantitative estimate of drug-likeness (QED) is 0.681. The molecule has 0 radical (unpaired) electrons. The van der Waals surface area contributed by atoms with Gasteiger partial charge in [-0.3, -0.25) is 4.79 Å². The molecule has 21 heavy (non-hydrogen) atoms. The van der Waals surface area contributed by atoms with Crippen molar-refractivity contribution < 1.29 is 9.21 Å². The highest BCUT2D eigenvalue weighted by atomic mass is 35.5. The molecule has 0 N–H and O–H groups in total. The van der Waals surface area contributed by atoms with Gasteiger partial charge in [-0.05, 0) is 19.1 Å². The minimum atomic E-state index is 0.0955. The van der Waals surface area contributed by atoms with Crippen LogP contribution in [0.4, 0.5) is 0 Å². The zero-order valence-electron chi connectivity index (χ0n) is 11.2. The number of carbonyl (C=O) groups excluding carboxylic acids is 1. The van der Waals surface area contributed by atoms with Crippen LogP contribution in [0.1, 0.15) is 15.4 Å². The van der Waals surface area contributed by atoms with Crippen molar-refractivity contribution in [3.8, 4) is 0 Å². The van der Waals surface area contributed by atoms with Crippen LogP contribution in [0.2, 0.25) is 10.0 Å². The van der Waals surface area contributed by atoms with Gasteiger partial charge in [0.1, 0.15) is 15.8 Å². The second-order valence-corrected chi connectivity index (χ2v) is 6.86. The molecule has 0 bridgehead atoms. The van der Waals surface area contributed by atoms with Crippen LogP contribution in [0.5, 0.6) is 0 Å². The highest BCUT2D eigenvalue weighted by Crippen LogP contribution is 2.33. The lowest BCUT2D eigenvalue weighted by Crippen LogP contribution is -2.05. The van der Waals surface area contributed by atoms with Crippen molar-refractivity contribution >= 4 is 51.3 Å². The van der Waals surface area contributed by atoms with E-state index in [1.165, 1.54) is 0 Å². The molecule has 2 heterocycles. The third-order valence-corrected chi connectivity index (χ3v) is 4.82. The molecule has 3 nitrogen and oxygen atoms in total. The van der Waals surface area contributed by atoms with Crippen molar-refractivity contribution in [1.82, 2.24) is 4.98 Å². The number of benzene rings is 1. The van der Waals surface area contributed by atoms with Gasteiger partial charge in [-0.2, -0.15) is 0 Å². The second-order valence-electron chi connectivity index (χ2n) is 4.76. The van der Waals surface area contributed by atoms with E-state index in [0.717, 1.165) is 20.8 Å². The number of furan rings is 1. The van der Waals surface area contributed by atoms with Crippen molar-refractivity contribution in [2.24, 2.45) is 0 Å². The Hall–Kier alpha value is -1.36. The second kappa shape index (κ2) is 5.79. The van der Waals surface area contributed by atoms with E-state index < -0.39 is 0 Å². The molecule has 108 valence electrons. The van der Waals surface area contributed by atoms with Gasteiger partial charge in [-0.15, -0.1) is 11.3 Å². The fraction of sp³-hybridized carbons (Fsp3) is 0.200. The van der Waals surface area contributed by atoms with Gasteiger partial charge >= 0.3 is 0 Å². The van der Waals surface area contributed by atoms with E-state index in [2.05, 4.69) is 4.98 Å². The summed E-state index contributed by atoms with van der Waals surface area (Å²) in [7, 11) is 0. The molecule has 0 aliphatic rings. The Kier molecular flexibility index (Phi) is 4.02. The maximum atomic E-state index is 12.2. The number of ketones is 1. The molecular weight excluding hydrogens is 329 g/mol. The number of rotatable bonds is 4. The van der Waals surface area contributed by atoms with Crippen LogP contribution in [0, 0.1) is 6.92 Å². The highest BCUT2D eigenvalue weighted by molar-refractivity contribution is 7.11. The molecule has 0 saturated heterocycles. The highest BCUT2D eigenvalue weighted by Gasteiger charge is 2.15. The first-order valence-electron chi connectivity index (χ1n) is 6.31. The largest absolute Gasteiger partial charge is 0.462 e. The summed E-state index contributed by atoms with van der Waals surface area (Å²) in [6.45, 7) is 1.97. The molecule has 3 aromatic rings. The number of aryl methyl sites for hydroxylation is 1. The molecule has 6 heteroatoms. The summed E-state index contributed by atoms with van der Waals surface area (Å²) in [5, 5.41) is 2.48. The van der Waals surface area contributed by atoms with Crippen molar-refractivity contribution in [3.05, 3.63) is 50.1 Å². The lowest BCUT2D eigenvalue weighted by atomic mass is 10.1. The SMILES string of the molecule is Cc1cnc(CC(=O)Cc2coc3c(Cl)c(Cl)ccc23)s1. The van der Waals surface area contributed by atoms with Crippen molar-refractivity contribution in [2.75, 3.05) is 0 Å². The first kappa shape index (κ1) is 14.6. The molecule has 2 aromatic heterocycles. The number of hydrogen-bond donors (Lipinski definition) is 0. The molecule has 0 fully saturated rings. The summed E-state index contributed by atoms with van der Waals surface area (Å²) in [5.41, 5.74) is 1.35. The van der Waals surface area contributed by atoms with Crippen LogP contribution < -0.4 is 0 Å². The number of carbonyl (C=O) groups is 1. The molecule has 0 aliphatic carbocycles. The molecule has 0 spiro atoms. The van der Waals surface area contributed by atoms with E-state index >= 15 is 0 Å². The minimum absolute atomic E-state index is 0.0955. The van der Waals surface area contributed by atoms with E-state index in [0.29, 0.717) is 28.5 Å². The van der Waals surface area contributed by atoms with Crippen LogP contribution in [-0.4, -0.2) is 10.8 Å². The summed E-state index contributed by atoms with van der Waals surface area (Å²) < 4.78 is 5.43. The van der Waals surface area contributed by atoms with Crippen molar-refractivity contribution in [1.29, 1.82) is 0 Å². The molecule has 0 atom stereocenters. The van der Waals surface area contributed by atoms with Gasteiger partial charge < -0.3 is 4.42 Å². The predicted octanol–water partition coefficient (Wildman–Crippen LogP) is 4.86. The standard InChI is InChI=1S/C15H11Cl2NO2S/c1-8-6-18-13(21-8)5-10(19)4-9-7-20-15-11(9)2-3-12(16)14(15)17/h2-3,6-7H,4-5H2,1H3. The van der Waals surface area contributed by atoms with Gasteiger partial charge in [0.25, 0.3) is 0 Å². The molecule has 0 amide bonds. The Morgan fingerprint density at radius 3 is 2.86 bits per heavy atom. The maximum Gasteiger partial charge on any atom is 0.154 e. The van der Waals surface area contributed by atoms with E-state index in [9.17, 15) is 4.79 Å². The van der Waals surface area contributed by atoms with Gasteiger partial charge in [0.15, 0.2) is 5.58 Å². The zero-order valence-corrected chi connectivity index (χ0v) is 13.5. The van der Waals surface area contributed by atoms with E-state index in [1.807, 2.05) is 13.0 Å². The van der Waals surface area contributed by atoms with Crippen LogP contribution in [0.25, 0.3) is 11.0 Å². The molecule has 0 saturated carbocycles. The predicted molar refractivity (Wildman–Crippen MR) is 85.5 cm³/mol. The number of thiazole rings is 1. The fourth-order valence-electron chi connectivity index (χ4n) is 2.16. The molecule has 1 aromatic carbocycles. The van der Waals surface area contributed by atoms with E-state index in [1.54, 1.807) is 29.9 Å². The molecule has 0 unspecified atom stereocenters. The van der Waals surface area contributed by atoms with Crippen molar-refractivity contribution in [3.63, 3.8) is 0 Å². The Bertz CT molecular complexity index is 822. The lowest BCUT2D eigenvalue weighted by Gasteiger charge is -1.99. The zero-order chi connectivity index (χ0) is 15.0. The summed E-state index contributed by atoms with van der Waals surface area (Å²) in [6.07, 6.45) is 3.98. The van der Waals surface area contributed by atoms with Crippen LogP contribution in [0.15, 0.2) is 29.0 Å². The smallest absolute Gasteiger partial charge is 0.154 e. The maximum absolute atomic E-state index is 12.2. The Balaban J connectivity index is 1.82. The summed E-state index contributed by atoms with van der Waals surface area (Å²) in [5.74, 6) is 0.0955. The Labute approximate surface area is 135 Å². The van der Waals surface area contributed by atoms with Crippen LogP contribution in [0.3, 0.4) is 0 Å². The van der Waals surface area contributed by atoms with E-state index in [-0.39, 0.29) is 5.78 Å². The molecule has 3 rings (SSSR count). The van der Waals surface area contributed by atoms with Gasteiger partial charge in [0, 0.05) is 28.4 Å². The third-order valence-electron chi connectivity index (χ3n) is 3.12. The van der Waals surface area contributed by atoms with Gasteiger partial charge in [-0.25, -0.2) is 4.98 Å². The van der Waals surface area contributed by atoms with Gasteiger partial charge in [-0.1, -0.05) is 23.2 Å². The lowest BCUT2D eigenvalue weighted by molar-refractivity contribution is -0.117. The molecular formula is C15H11Cl2NO2S. The summed E-state index contributed by atoms with van der Waals surface area (Å²) in [6, 6.07) is 3.53. The number of aromatic nitrogens is 1. The Morgan fingerprint density at radius 1 is 1.33 bits per heavy atom. The topological polar surface area (TPSA) is 43.1 Å². The number of hydrogen-bond acceptors (Lipinski definition) is 4. The van der Waals surface area contributed by atoms with Gasteiger partial charge in [0.05, 0.1) is 17.7 Å². The summed E-state index contributed by atoms with van der Waals surface area (Å²) >= 11 is 13.6. The number of halogens is 2. The monoisotopic (exact) mass is 339 g/mol. The van der Waals surface area contributed by atoms with Crippen molar-refractivity contribution in [2.45, 2.75) is 19.8 Å². The fourth-order valence-corrected chi connectivity index (χ4v) is 3.33. The average Bonchev–Trinajstić information content (AvgIpc) is 3.01. The first-order valence-corrected chi connectivity index (χ1v) is 7.89. The third kappa shape index (κ3) is 2.98. The normalized spacial score (nSPS) is 11.2. The first-order chi connectivity index (χ1) is 10.0. The van der Waals surface area contributed by atoms with E-state index in [4.69, 9.17) is 27.6 Å². The van der Waals surface area contributed by atoms with Crippen LogP contribution >= 0.6 is 34.5 Å². The summed E-state index contributed by atoms with van der Waals surface area (Å²) in [4.78, 5) is 17.5. The number of fused-ring (bicyclic) bond motifs is 1. The average molecular weight is 340 g/mol. The Morgan fingerprint density at radius 2 is 2.14 bits per heavy atom.